The van der Waals surface area contributed by atoms with Crippen LogP contribution in [0.3, 0.4) is 0 Å². The molecule has 0 spiro atoms. The van der Waals surface area contributed by atoms with Gasteiger partial charge in [0.25, 0.3) is 11.8 Å². The fourth-order valence-corrected chi connectivity index (χ4v) is 2.43. The molecule has 2 aliphatic rings. The van der Waals surface area contributed by atoms with Crippen molar-refractivity contribution in [2.24, 2.45) is 0 Å². The summed E-state index contributed by atoms with van der Waals surface area (Å²) in [7, 11) is 0. The number of hydrogen-bond donors (Lipinski definition) is 1. The first kappa shape index (κ1) is 12.1. The molecule has 1 N–H and O–H groups in total. The molecule has 2 heterocycles. The van der Waals surface area contributed by atoms with E-state index in [9.17, 15) is 9.59 Å². The third-order valence-electron chi connectivity index (χ3n) is 3.74. The standard InChI is InChI=1S/C15H13N3O3/c19-13(12-8-21-14(16-12)9-5-6-9)17-18-7-10-3-1-2-4-11(10)15(18)20/h1-4,8-9H,5-7H2,(H,17,19). The number of fused-ring (bicyclic) bond motifs is 1. The van der Waals surface area contributed by atoms with Crippen LogP contribution in [0.5, 0.6) is 0 Å². The Labute approximate surface area is 120 Å². The molecular weight excluding hydrogens is 270 g/mol. The van der Waals surface area contributed by atoms with Gasteiger partial charge in [-0.25, -0.2) is 9.99 Å². The largest absolute Gasteiger partial charge is 0.448 e. The van der Waals surface area contributed by atoms with Crippen LogP contribution in [-0.4, -0.2) is 21.8 Å². The normalized spacial score (nSPS) is 17.0. The van der Waals surface area contributed by atoms with Gasteiger partial charge >= 0.3 is 0 Å². The molecule has 0 unspecified atom stereocenters. The highest BCUT2D eigenvalue weighted by atomic mass is 16.3. The van der Waals surface area contributed by atoms with Gasteiger partial charge in [0.15, 0.2) is 11.6 Å². The zero-order chi connectivity index (χ0) is 14.4. The van der Waals surface area contributed by atoms with E-state index in [0.717, 1.165) is 18.4 Å². The van der Waals surface area contributed by atoms with Gasteiger partial charge in [-0.05, 0) is 24.5 Å². The monoisotopic (exact) mass is 283 g/mol. The molecular formula is C15H13N3O3. The molecule has 1 saturated carbocycles. The minimum atomic E-state index is -0.424. The van der Waals surface area contributed by atoms with E-state index in [1.165, 1.54) is 11.3 Å². The summed E-state index contributed by atoms with van der Waals surface area (Å²) < 4.78 is 5.29. The molecule has 1 aromatic carbocycles. The van der Waals surface area contributed by atoms with Gasteiger partial charge in [-0.15, -0.1) is 0 Å². The summed E-state index contributed by atoms with van der Waals surface area (Å²) in [6, 6.07) is 7.31. The third-order valence-corrected chi connectivity index (χ3v) is 3.74. The lowest BCUT2D eigenvalue weighted by atomic mass is 10.1. The Hall–Kier alpha value is -2.63. The molecule has 0 radical (unpaired) electrons. The lowest BCUT2D eigenvalue weighted by Gasteiger charge is -2.15. The Bertz CT molecular complexity index is 733. The number of nitrogens with zero attached hydrogens (tertiary/aromatic N) is 2. The number of aromatic nitrogens is 1. The predicted octanol–water partition coefficient (Wildman–Crippen LogP) is 1.85. The fraction of sp³-hybridized carbons (Fsp3) is 0.267. The van der Waals surface area contributed by atoms with Gasteiger partial charge in [-0.2, -0.15) is 0 Å². The molecule has 1 fully saturated rings. The van der Waals surface area contributed by atoms with E-state index in [4.69, 9.17) is 4.42 Å². The highest BCUT2D eigenvalue weighted by Crippen LogP contribution is 2.39. The summed E-state index contributed by atoms with van der Waals surface area (Å²) in [5.41, 5.74) is 4.32. The van der Waals surface area contributed by atoms with Gasteiger partial charge in [-0.3, -0.25) is 15.0 Å². The maximum Gasteiger partial charge on any atom is 0.291 e. The maximum atomic E-state index is 12.2. The van der Waals surface area contributed by atoms with Crippen molar-refractivity contribution < 1.29 is 14.0 Å². The molecule has 4 rings (SSSR count). The number of carbonyl (C=O) groups is 2. The maximum absolute atomic E-state index is 12.2. The first-order valence-corrected chi connectivity index (χ1v) is 6.88. The van der Waals surface area contributed by atoms with Gasteiger partial charge in [0.2, 0.25) is 0 Å². The minimum Gasteiger partial charge on any atom is -0.448 e. The van der Waals surface area contributed by atoms with Gasteiger partial charge < -0.3 is 4.42 Å². The highest BCUT2D eigenvalue weighted by molar-refractivity contribution is 6.01. The van der Waals surface area contributed by atoms with Crippen LogP contribution in [0.4, 0.5) is 0 Å². The van der Waals surface area contributed by atoms with Crippen molar-refractivity contribution in [3.05, 3.63) is 53.2 Å². The van der Waals surface area contributed by atoms with Crippen LogP contribution < -0.4 is 5.43 Å². The zero-order valence-electron chi connectivity index (χ0n) is 11.2. The number of hydrazine groups is 1. The lowest BCUT2D eigenvalue weighted by Crippen LogP contribution is -2.42. The molecule has 21 heavy (non-hydrogen) atoms. The molecule has 6 heteroatoms. The molecule has 0 bridgehead atoms. The minimum absolute atomic E-state index is 0.204. The smallest absolute Gasteiger partial charge is 0.291 e. The molecule has 0 atom stereocenters. The Kier molecular flexibility index (Phi) is 2.57. The topological polar surface area (TPSA) is 75.4 Å². The Morgan fingerprint density at radius 2 is 2.14 bits per heavy atom. The van der Waals surface area contributed by atoms with E-state index < -0.39 is 5.91 Å². The zero-order valence-corrected chi connectivity index (χ0v) is 11.2. The van der Waals surface area contributed by atoms with Gasteiger partial charge in [0.05, 0.1) is 6.54 Å². The van der Waals surface area contributed by atoms with Crippen molar-refractivity contribution in [2.45, 2.75) is 25.3 Å². The summed E-state index contributed by atoms with van der Waals surface area (Å²) in [4.78, 5) is 28.5. The Morgan fingerprint density at radius 3 is 2.90 bits per heavy atom. The molecule has 6 nitrogen and oxygen atoms in total. The quantitative estimate of drug-likeness (QED) is 0.932. The first-order chi connectivity index (χ1) is 10.2. The number of hydrogen-bond acceptors (Lipinski definition) is 4. The molecule has 1 aromatic heterocycles. The van der Waals surface area contributed by atoms with E-state index in [1.54, 1.807) is 6.07 Å². The van der Waals surface area contributed by atoms with Crippen molar-refractivity contribution in [3.63, 3.8) is 0 Å². The number of benzene rings is 1. The average Bonchev–Trinajstić information content (AvgIpc) is 3.14. The lowest BCUT2D eigenvalue weighted by molar-refractivity contribution is 0.0600. The van der Waals surface area contributed by atoms with Crippen LogP contribution in [0.25, 0.3) is 0 Å². The second-order valence-corrected chi connectivity index (χ2v) is 5.33. The molecule has 1 aliphatic heterocycles. The molecule has 1 aliphatic carbocycles. The molecule has 2 amide bonds. The van der Waals surface area contributed by atoms with E-state index in [2.05, 4.69) is 10.4 Å². The number of carbonyl (C=O) groups excluding carboxylic acids is 2. The van der Waals surface area contributed by atoms with E-state index in [1.807, 2.05) is 18.2 Å². The van der Waals surface area contributed by atoms with Crippen molar-refractivity contribution in [1.29, 1.82) is 0 Å². The second kappa shape index (κ2) is 4.44. The SMILES string of the molecule is O=C(NN1Cc2ccccc2C1=O)c1coc(C2CC2)n1. The predicted molar refractivity (Wildman–Crippen MR) is 72.3 cm³/mol. The second-order valence-electron chi connectivity index (χ2n) is 5.33. The van der Waals surface area contributed by atoms with Crippen molar-refractivity contribution in [1.82, 2.24) is 15.4 Å². The van der Waals surface area contributed by atoms with Crippen LogP contribution in [0.2, 0.25) is 0 Å². The van der Waals surface area contributed by atoms with Crippen molar-refractivity contribution in [2.75, 3.05) is 0 Å². The van der Waals surface area contributed by atoms with Gasteiger partial charge in [-0.1, -0.05) is 18.2 Å². The molecule has 106 valence electrons. The van der Waals surface area contributed by atoms with Crippen LogP contribution >= 0.6 is 0 Å². The summed E-state index contributed by atoms with van der Waals surface area (Å²) in [5.74, 6) is 0.331. The van der Waals surface area contributed by atoms with Crippen LogP contribution in [0.15, 0.2) is 34.9 Å². The van der Waals surface area contributed by atoms with E-state index in [0.29, 0.717) is 23.9 Å². The Morgan fingerprint density at radius 1 is 1.33 bits per heavy atom. The van der Waals surface area contributed by atoms with E-state index in [-0.39, 0.29) is 11.6 Å². The summed E-state index contributed by atoms with van der Waals surface area (Å²) in [6.07, 6.45) is 3.46. The first-order valence-electron chi connectivity index (χ1n) is 6.88. The number of rotatable bonds is 3. The van der Waals surface area contributed by atoms with Crippen LogP contribution in [0.1, 0.15) is 51.1 Å². The fourth-order valence-electron chi connectivity index (χ4n) is 2.43. The van der Waals surface area contributed by atoms with Crippen molar-refractivity contribution in [3.8, 4) is 0 Å². The average molecular weight is 283 g/mol. The summed E-state index contributed by atoms with van der Waals surface area (Å²) in [5, 5.41) is 1.30. The third kappa shape index (κ3) is 2.08. The molecule has 0 saturated heterocycles. The highest BCUT2D eigenvalue weighted by Gasteiger charge is 2.31. The Balaban J connectivity index is 1.49. The number of oxazole rings is 1. The summed E-state index contributed by atoms with van der Waals surface area (Å²) in [6.45, 7) is 0.369. The van der Waals surface area contributed by atoms with Crippen LogP contribution in [-0.2, 0) is 6.54 Å². The van der Waals surface area contributed by atoms with Crippen molar-refractivity contribution >= 4 is 11.8 Å². The number of amides is 2. The van der Waals surface area contributed by atoms with Crippen LogP contribution in [0, 0.1) is 0 Å². The molecule has 2 aromatic rings. The number of nitrogens with one attached hydrogen (secondary N) is 1. The van der Waals surface area contributed by atoms with Gasteiger partial charge in [0.1, 0.15) is 6.26 Å². The summed E-state index contributed by atoms with van der Waals surface area (Å²) >= 11 is 0. The van der Waals surface area contributed by atoms with Gasteiger partial charge in [0, 0.05) is 11.5 Å². The van der Waals surface area contributed by atoms with E-state index >= 15 is 0 Å².